The summed E-state index contributed by atoms with van der Waals surface area (Å²) in [5, 5.41) is 3.37. The molecule has 0 aliphatic carbocycles. The van der Waals surface area contributed by atoms with E-state index < -0.39 is 9.84 Å². The molecular weight excluding hydrogens is 513 g/mol. The second-order valence-corrected chi connectivity index (χ2v) is 9.43. The van der Waals surface area contributed by atoms with E-state index in [1.54, 1.807) is 19.2 Å². The lowest BCUT2D eigenvalue weighted by molar-refractivity contribution is 0.0906. The Bertz CT molecular complexity index is 918. The Morgan fingerprint density at radius 2 is 1.83 bits per heavy atom. The van der Waals surface area contributed by atoms with Gasteiger partial charge in [0.25, 0.3) is 0 Å². The first kappa shape index (κ1) is 24.6. The van der Waals surface area contributed by atoms with E-state index in [0.29, 0.717) is 24.0 Å². The second kappa shape index (κ2) is 11.7. The summed E-state index contributed by atoms with van der Waals surface area (Å²) < 4.78 is 29.0. The SMILES string of the molecule is CN=C(NCc1ccc(S(C)(=O)=O)cc1)N1CCC(COCc2ccccc2)C1.I. The number of guanidine groups is 1. The molecule has 1 unspecified atom stereocenters. The average molecular weight is 543 g/mol. The largest absolute Gasteiger partial charge is 0.376 e. The van der Waals surface area contributed by atoms with Crippen molar-refractivity contribution in [2.24, 2.45) is 10.9 Å². The zero-order valence-electron chi connectivity index (χ0n) is 17.5. The molecular formula is C22H30IN3O3S. The van der Waals surface area contributed by atoms with Crippen LogP contribution in [-0.2, 0) is 27.7 Å². The van der Waals surface area contributed by atoms with Crippen molar-refractivity contribution in [1.82, 2.24) is 10.2 Å². The van der Waals surface area contributed by atoms with Gasteiger partial charge in [-0.3, -0.25) is 4.99 Å². The molecule has 0 spiro atoms. The number of nitrogens with one attached hydrogen (secondary N) is 1. The number of rotatable bonds is 7. The van der Waals surface area contributed by atoms with E-state index in [0.717, 1.165) is 37.6 Å². The maximum Gasteiger partial charge on any atom is 0.193 e. The topological polar surface area (TPSA) is 71.0 Å². The molecule has 3 rings (SSSR count). The van der Waals surface area contributed by atoms with Gasteiger partial charge < -0.3 is 15.0 Å². The monoisotopic (exact) mass is 543 g/mol. The average Bonchev–Trinajstić information content (AvgIpc) is 3.18. The molecule has 8 heteroatoms. The maximum atomic E-state index is 11.6. The highest BCUT2D eigenvalue weighted by atomic mass is 127. The van der Waals surface area contributed by atoms with Gasteiger partial charge in [0.15, 0.2) is 15.8 Å². The van der Waals surface area contributed by atoms with Crippen LogP contribution in [0.4, 0.5) is 0 Å². The molecule has 0 amide bonds. The fourth-order valence-electron chi connectivity index (χ4n) is 3.45. The zero-order chi connectivity index (χ0) is 20.7. The number of aliphatic imine (C=N–C) groups is 1. The highest BCUT2D eigenvalue weighted by Crippen LogP contribution is 2.18. The Morgan fingerprint density at radius 1 is 1.13 bits per heavy atom. The van der Waals surface area contributed by atoms with Crippen molar-refractivity contribution in [3.8, 4) is 0 Å². The first-order valence-corrected chi connectivity index (χ1v) is 11.7. The van der Waals surface area contributed by atoms with E-state index in [9.17, 15) is 8.42 Å². The third-order valence-electron chi connectivity index (χ3n) is 5.06. The summed E-state index contributed by atoms with van der Waals surface area (Å²) in [5.74, 6) is 1.36. The van der Waals surface area contributed by atoms with Crippen molar-refractivity contribution in [3.05, 3.63) is 65.7 Å². The van der Waals surface area contributed by atoms with E-state index in [2.05, 4.69) is 27.3 Å². The van der Waals surface area contributed by atoms with Gasteiger partial charge in [-0.1, -0.05) is 42.5 Å². The third-order valence-corrected chi connectivity index (χ3v) is 6.19. The fourth-order valence-corrected chi connectivity index (χ4v) is 4.08. The smallest absolute Gasteiger partial charge is 0.193 e. The number of halogens is 1. The Hall–Kier alpha value is -1.65. The van der Waals surface area contributed by atoms with Crippen molar-refractivity contribution in [2.45, 2.75) is 24.5 Å². The van der Waals surface area contributed by atoms with Crippen LogP contribution in [-0.4, -0.2) is 52.3 Å². The number of nitrogens with zero attached hydrogens (tertiary/aromatic N) is 2. The predicted octanol–water partition coefficient (Wildman–Crippen LogP) is 3.32. The number of likely N-dealkylation sites (tertiary alicyclic amines) is 1. The van der Waals surface area contributed by atoms with Crippen molar-refractivity contribution in [1.29, 1.82) is 0 Å². The van der Waals surface area contributed by atoms with Gasteiger partial charge in [0, 0.05) is 38.9 Å². The molecule has 1 aliphatic heterocycles. The number of sulfone groups is 1. The molecule has 1 aliphatic rings. The number of hydrogen-bond donors (Lipinski definition) is 1. The molecule has 2 aromatic rings. The van der Waals surface area contributed by atoms with E-state index in [-0.39, 0.29) is 24.0 Å². The number of hydrogen-bond acceptors (Lipinski definition) is 4. The minimum Gasteiger partial charge on any atom is -0.376 e. The summed E-state index contributed by atoms with van der Waals surface area (Å²) in [6, 6.07) is 17.2. The van der Waals surface area contributed by atoms with Gasteiger partial charge in [-0.25, -0.2) is 8.42 Å². The highest BCUT2D eigenvalue weighted by molar-refractivity contribution is 14.0. The zero-order valence-corrected chi connectivity index (χ0v) is 20.6. The summed E-state index contributed by atoms with van der Waals surface area (Å²) >= 11 is 0. The first-order valence-electron chi connectivity index (χ1n) is 9.82. The molecule has 1 fully saturated rings. The molecule has 1 atom stereocenters. The van der Waals surface area contributed by atoms with Crippen molar-refractivity contribution in [2.75, 3.05) is 33.0 Å². The van der Waals surface area contributed by atoms with Gasteiger partial charge in [0.05, 0.1) is 18.1 Å². The van der Waals surface area contributed by atoms with E-state index in [1.807, 2.05) is 30.3 Å². The normalized spacial score (nSPS) is 16.9. The van der Waals surface area contributed by atoms with Crippen LogP contribution in [0.1, 0.15) is 17.5 Å². The summed E-state index contributed by atoms with van der Waals surface area (Å²) in [6.07, 6.45) is 2.30. The van der Waals surface area contributed by atoms with Crippen LogP contribution < -0.4 is 5.32 Å². The quantitative estimate of drug-likeness (QED) is 0.330. The van der Waals surface area contributed by atoms with Crippen molar-refractivity contribution < 1.29 is 13.2 Å². The Kier molecular flexibility index (Phi) is 9.57. The molecule has 164 valence electrons. The van der Waals surface area contributed by atoms with Crippen LogP contribution in [0.2, 0.25) is 0 Å². The van der Waals surface area contributed by atoms with E-state index in [4.69, 9.17) is 4.74 Å². The number of ether oxygens (including phenoxy) is 1. The summed E-state index contributed by atoms with van der Waals surface area (Å²) in [7, 11) is -1.38. The lowest BCUT2D eigenvalue weighted by Gasteiger charge is -2.22. The van der Waals surface area contributed by atoms with Gasteiger partial charge in [-0.15, -0.1) is 24.0 Å². The Balaban J connectivity index is 0.00000320. The molecule has 30 heavy (non-hydrogen) atoms. The molecule has 1 N–H and O–H groups in total. The fraction of sp³-hybridized carbons (Fsp3) is 0.409. The van der Waals surface area contributed by atoms with Gasteiger partial charge >= 0.3 is 0 Å². The van der Waals surface area contributed by atoms with Crippen LogP contribution in [0, 0.1) is 5.92 Å². The molecule has 0 bridgehead atoms. The lowest BCUT2D eigenvalue weighted by atomic mass is 10.1. The predicted molar refractivity (Wildman–Crippen MR) is 131 cm³/mol. The minimum absolute atomic E-state index is 0. The molecule has 0 saturated carbocycles. The van der Waals surface area contributed by atoms with Crippen LogP contribution in [0.3, 0.4) is 0 Å². The van der Waals surface area contributed by atoms with Crippen LogP contribution in [0.5, 0.6) is 0 Å². The number of benzene rings is 2. The maximum absolute atomic E-state index is 11.6. The first-order chi connectivity index (χ1) is 14.0. The standard InChI is InChI=1S/C22H29N3O3S.HI/c1-23-22(24-14-18-8-10-21(11-9-18)29(2,26)27)25-13-12-20(15-25)17-28-16-19-6-4-3-5-7-19;/h3-11,20H,12-17H2,1-2H3,(H,23,24);1H. The van der Waals surface area contributed by atoms with Gasteiger partial charge in [0.2, 0.25) is 0 Å². The van der Waals surface area contributed by atoms with E-state index in [1.165, 1.54) is 11.8 Å². The van der Waals surface area contributed by atoms with Crippen molar-refractivity contribution >= 4 is 39.8 Å². The molecule has 0 radical (unpaired) electrons. The molecule has 1 saturated heterocycles. The summed E-state index contributed by atoms with van der Waals surface area (Å²) in [4.78, 5) is 6.99. The highest BCUT2D eigenvalue weighted by Gasteiger charge is 2.25. The van der Waals surface area contributed by atoms with Crippen LogP contribution in [0.15, 0.2) is 64.5 Å². The molecule has 1 heterocycles. The Labute approximate surface area is 196 Å². The molecule has 6 nitrogen and oxygen atoms in total. The Morgan fingerprint density at radius 3 is 2.47 bits per heavy atom. The van der Waals surface area contributed by atoms with Crippen LogP contribution >= 0.6 is 24.0 Å². The molecule has 2 aromatic carbocycles. The van der Waals surface area contributed by atoms with Gasteiger partial charge in [-0.05, 0) is 29.7 Å². The third kappa shape index (κ3) is 7.24. The lowest BCUT2D eigenvalue weighted by Crippen LogP contribution is -2.39. The van der Waals surface area contributed by atoms with Gasteiger partial charge in [-0.2, -0.15) is 0 Å². The van der Waals surface area contributed by atoms with E-state index >= 15 is 0 Å². The molecule has 0 aromatic heterocycles. The summed E-state index contributed by atoms with van der Waals surface area (Å²) in [6.45, 7) is 3.86. The van der Waals surface area contributed by atoms with Crippen molar-refractivity contribution in [3.63, 3.8) is 0 Å². The second-order valence-electron chi connectivity index (χ2n) is 7.42. The van der Waals surface area contributed by atoms with Gasteiger partial charge in [0.1, 0.15) is 0 Å². The summed E-state index contributed by atoms with van der Waals surface area (Å²) in [5.41, 5.74) is 2.21. The minimum atomic E-state index is -3.16. The van der Waals surface area contributed by atoms with Crippen LogP contribution in [0.25, 0.3) is 0 Å².